The molecule has 1 saturated heterocycles. The van der Waals surface area contributed by atoms with E-state index in [-0.39, 0.29) is 11.7 Å². The lowest BCUT2D eigenvalue weighted by Crippen LogP contribution is -2.50. The maximum Gasteiger partial charge on any atom is 0.126 e. The van der Waals surface area contributed by atoms with Crippen LogP contribution in [0.2, 0.25) is 0 Å². The number of rotatable bonds is 3. The van der Waals surface area contributed by atoms with Crippen molar-refractivity contribution in [2.24, 2.45) is 5.92 Å². The Morgan fingerprint density at radius 1 is 1.35 bits per heavy atom. The zero-order chi connectivity index (χ0) is 16.6. The first-order valence-corrected chi connectivity index (χ1v) is 9.45. The summed E-state index contributed by atoms with van der Waals surface area (Å²) in [4.78, 5) is 0. The van der Waals surface area contributed by atoms with Crippen molar-refractivity contribution < 1.29 is 9.47 Å². The van der Waals surface area contributed by atoms with Crippen molar-refractivity contribution in [1.29, 1.82) is 0 Å². The van der Waals surface area contributed by atoms with Crippen LogP contribution in [0.1, 0.15) is 65.0 Å². The lowest BCUT2D eigenvalue weighted by Gasteiger charge is -2.50. The Kier molecular flexibility index (Phi) is 4.89. The standard InChI is InChI=1S/C20H27BrO2/c1-13(2)6-5-11-20(4)17-9-7-14(3)22-19(17)16-12-15(21)8-10-18(16)23-20/h6,8,10,12,14,17,19H,5,7,9,11H2,1-4H3/t14-,17-,19+,20+/m1/s1. The molecule has 1 fully saturated rings. The maximum atomic E-state index is 6.53. The van der Waals surface area contributed by atoms with Gasteiger partial charge in [-0.15, -0.1) is 0 Å². The second-order valence-electron chi connectivity index (χ2n) is 7.47. The van der Waals surface area contributed by atoms with Crippen molar-refractivity contribution in [2.75, 3.05) is 0 Å². The highest BCUT2D eigenvalue weighted by Gasteiger charge is 2.49. The van der Waals surface area contributed by atoms with Gasteiger partial charge in [-0.2, -0.15) is 0 Å². The fourth-order valence-corrected chi connectivity index (χ4v) is 4.32. The molecule has 2 nitrogen and oxygen atoms in total. The number of hydrogen-bond donors (Lipinski definition) is 0. The van der Waals surface area contributed by atoms with Gasteiger partial charge in [0.1, 0.15) is 11.4 Å². The predicted octanol–water partition coefficient (Wildman–Crippen LogP) is 6.20. The molecule has 3 rings (SSSR count). The number of benzene rings is 1. The Morgan fingerprint density at radius 2 is 2.13 bits per heavy atom. The molecule has 3 heteroatoms. The predicted molar refractivity (Wildman–Crippen MR) is 97.9 cm³/mol. The molecule has 0 spiro atoms. The largest absolute Gasteiger partial charge is 0.487 e. The van der Waals surface area contributed by atoms with Crippen molar-refractivity contribution in [3.8, 4) is 5.75 Å². The van der Waals surface area contributed by atoms with E-state index in [9.17, 15) is 0 Å². The Morgan fingerprint density at radius 3 is 2.87 bits per heavy atom. The van der Waals surface area contributed by atoms with Gasteiger partial charge in [-0.05, 0) is 71.6 Å². The lowest BCUT2D eigenvalue weighted by molar-refractivity contribution is -0.152. The minimum absolute atomic E-state index is 0.150. The van der Waals surface area contributed by atoms with Crippen LogP contribution in [0.25, 0.3) is 0 Å². The summed E-state index contributed by atoms with van der Waals surface area (Å²) in [7, 11) is 0. The minimum Gasteiger partial charge on any atom is -0.487 e. The molecule has 0 radical (unpaired) electrons. The van der Waals surface area contributed by atoms with E-state index in [4.69, 9.17) is 9.47 Å². The summed E-state index contributed by atoms with van der Waals surface area (Å²) in [6.07, 6.45) is 7.16. The van der Waals surface area contributed by atoms with Crippen LogP contribution in [0.4, 0.5) is 0 Å². The second-order valence-corrected chi connectivity index (χ2v) is 8.38. The summed E-state index contributed by atoms with van der Waals surface area (Å²) in [6.45, 7) is 8.77. The number of fused-ring (bicyclic) bond motifs is 3. The average molecular weight is 379 g/mol. The van der Waals surface area contributed by atoms with Crippen LogP contribution in [0.5, 0.6) is 5.75 Å². The highest BCUT2D eigenvalue weighted by Crippen LogP contribution is 2.52. The second kappa shape index (κ2) is 6.60. The zero-order valence-electron chi connectivity index (χ0n) is 14.6. The third-order valence-electron chi connectivity index (χ3n) is 5.23. The summed E-state index contributed by atoms with van der Waals surface area (Å²) in [5, 5.41) is 0. The average Bonchev–Trinajstić information content (AvgIpc) is 2.48. The molecule has 0 amide bonds. The summed E-state index contributed by atoms with van der Waals surface area (Å²) in [5.74, 6) is 1.41. The first-order chi connectivity index (χ1) is 10.9. The molecule has 2 heterocycles. The topological polar surface area (TPSA) is 18.5 Å². The summed E-state index contributed by atoms with van der Waals surface area (Å²) in [5.41, 5.74) is 2.42. The molecule has 0 aromatic heterocycles. The molecule has 0 N–H and O–H groups in total. The molecule has 0 unspecified atom stereocenters. The van der Waals surface area contributed by atoms with Crippen LogP contribution in [-0.2, 0) is 4.74 Å². The first kappa shape index (κ1) is 17.0. The fourth-order valence-electron chi connectivity index (χ4n) is 3.94. The van der Waals surface area contributed by atoms with Crippen LogP contribution in [0.15, 0.2) is 34.3 Å². The molecule has 0 aliphatic carbocycles. The molecule has 23 heavy (non-hydrogen) atoms. The van der Waals surface area contributed by atoms with Gasteiger partial charge < -0.3 is 9.47 Å². The van der Waals surface area contributed by atoms with Gasteiger partial charge in [0.2, 0.25) is 0 Å². The highest BCUT2D eigenvalue weighted by atomic mass is 79.9. The summed E-state index contributed by atoms with van der Waals surface area (Å²) >= 11 is 3.59. The van der Waals surface area contributed by atoms with E-state index in [1.165, 1.54) is 17.6 Å². The summed E-state index contributed by atoms with van der Waals surface area (Å²) in [6, 6.07) is 6.31. The Bertz CT molecular complexity index is 606. The highest BCUT2D eigenvalue weighted by molar-refractivity contribution is 9.10. The lowest BCUT2D eigenvalue weighted by atomic mass is 9.72. The minimum atomic E-state index is -0.155. The maximum absolute atomic E-state index is 6.53. The van der Waals surface area contributed by atoms with Gasteiger partial charge in [0.15, 0.2) is 0 Å². The van der Waals surface area contributed by atoms with Crippen LogP contribution in [0.3, 0.4) is 0 Å². The van der Waals surface area contributed by atoms with Gasteiger partial charge >= 0.3 is 0 Å². The van der Waals surface area contributed by atoms with Crippen molar-refractivity contribution >= 4 is 15.9 Å². The Balaban J connectivity index is 1.93. The van der Waals surface area contributed by atoms with Crippen LogP contribution in [-0.4, -0.2) is 11.7 Å². The quantitative estimate of drug-likeness (QED) is 0.582. The van der Waals surface area contributed by atoms with Crippen LogP contribution >= 0.6 is 15.9 Å². The van der Waals surface area contributed by atoms with E-state index in [0.717, 1.165) is 29.5 Å². The Labute approximate surface area is 148 Å². The first-order valence-electron chi connectivity index (χ1n) is 8.66. The molecule has 2 aliphatic rings. The van der Waals surface area contributed by atoms with Gasteiger partial charge in [0.25, 0.3) is 0 Å². The number of hydrogen-bond acceptors (Lipinski definition) is 2. The fraction of sp³-hybridized carbons (Fsp3) is 0.600. The Hall–Kier alpha value is -0.800. The van der Waals surface area contributed by atoms with Crippen molar-refractivity contribution in [2.45, 2.75) is 71.2 Å². The van der Waals surface area contributed by atoms with Crippen molar-refractivity contribution in [3.63, 3.8) is 0 Å². The number of halogens is 1. The molecule has 0 bridgehead atoms. The van der Waals surface area contributed by atoms with Crippen molar-refractivity contribution in [3.05, 3.63) is 39.9 Å². The molecule has 1 aromatic carbocycles. The molecule has 0 saturated carbocycles. The van der Waals surface area contributed by atoms with E-state index in [2.05, 4.69) is 67.9 Å². The van der Waals surface area contributed by atoms with E-state index in [0.29, 0.717) is 12.0 Å². The zero-order valence-corrected chi connectivity index (χ0v) is 16.2. The number of allylic oxidation sites excluding steroid dienone is 2. The normalized spacial score (nSPS) is 32.5. The SMILES string of the molecule is CC(C)=CCC[C@]1(C)Oc2ccc(Br)cc2[C@@H]2O[C@H](C)CC[C@H]21. The van der Waals surface area contributed by atoms with Crippen molar-refractivity contribution in [1.82, 2.24) is 0 Å². The van der Waals surface area contributed by atoms with Gasteiger partial charge in [0.05, 0.1) is 12.2 Å². The van der Waals surface area contributed by atoms with Gasteiger partial charge in [-0.3, -0.25) is 0 Å². The summed E-state index contributed by atoms with van der Waals surface area (Å²) < 4.78 is 14.0. The van der Waals surface area contributed by atoms with E-state index >= 15 is 0 Å². The molecular formula is C20H27BrO2. The molecule has 4 atom stereocenters. The smallest absolute Gasteiger partial charge is 0.126 e. The molecule has 2 aliphatic heterocycles. The van der Waals surface area contributed by atoms with Crippen LogP contribution < -0.4 is 4.74 Å². The van der Waals surface area contributed by atoms with Crippen LogP contribution in [0, 0.1) is 5.92 Å². The number of ether oxygens (including phenoxy) is 2. The third kappa shape index (κ3) is 3.51. The monoisotopic (exact) mass is 378 g/mol. The van der Waals surface area contributed by atoms with E-state index < -0.39 is 0 Å². The van der Waals surface area contributed by atoms with E-state index in [1.54, 1.807) is 0 Å². The van der Waals surface area contributed by atoms with Gasteiger partial charge in [-0.25, -0.2) is 0 Å². The molecular weight excluding hydrogens is 352 g/mol. The van der Waals surface area contributed by atoms with Gasteiger partial charge in [-0.1, -0.05) is 27.6 Å². The van der Waals surface area contributed by atoms with E-state index in [1.807, 2.05) is 0 Å². The molecule has 126 valence electrons. The van der Waals surface area contributed by atoms with Gasteiger partial charge in [0, 0.05) is 16.0 Å². The molecule has 1 aromatic rings. The third-order valence-corrected chi connectivity index (χ3v) is 5.72.